The highest BCUT2D eigenvalue weighted by Gasteiger charge is 2.90. The summed E-state index contributed by atoms with van der Waals surface area (Å²) in [5.74, 6) is 3.05. The van der Waals surface area contributed by atoms with E-state index in [4.69, 9.17) is 0 Å². The van der Waals surface area contributed by atoms with Crippen LogP contribution < -0.4 is 0 Å². The minimum Gasteiger partial charge on any atom is -0.305 e. The van der Waals surface area contributed by atoms with Gasteiger partial charge < -0.3 is 4.90 Å². The van der Waals surface area contributed by atoms with Crippen molar-refractivity contribution in [1.29, 1.82) is 0 Å². The van der Waals surface area contributed by atoms with Crippen LogP contribution in [0, 0.1) is 5.92 Å². The number of rotatable bonds is 3. The topological polar surface area (TPSA) is 3.24 Å². The van der Waals surface area contributed by atoms with Gasteiger partial charge in [-0.1, -0.05) is 26.1 Å². The predicted octanol–water partition coefficient (Wildman–Crippen LogP) is 2.69. The molecule has 0 aromatic heterocycles. The molecule has 1 nitrogen and oxygen atoms in total. The van der Waals surface area contributed by atoms with Gasteiger partial charge in [-0.15, -0.1) is 0 Å². The van der Waals surface area contributed by atoms with E-state index in [-0.39, 0.29) is 0 Å². The van der Waals surface area contributed by atoms with E-state index >= 15 is 0 Å². The zero-order valence-corrected chi connectivity index (χ0v) is 9.96. The van der Waals surface area contributed by atoms with Gasteiger partial charge in [0.2, 0.25) is 0 Å². The Hall–Kier alpha value is 0.0249. The molecular formula is C12H22BN. The molecule has 14 heavy (non-hydrogen) atoms. The molecular weight excluding hydrogens is 169 g/mol. The Morgan fingerprint density at radius 1 is 1.36 bits per heavy atom. The minimum absolute atomic E-state index is 0.776. The van der Waals surface area contributed by atoms with E-state index < -0.39 is 0 Å². The zero-order chi connectivity index (χ0) is 10.1. The van der Waals surface area contributed by atoms with Crippen LogP contribution in [-0.2, 0) is 0 Å². The van der Waals surface area contributed by atoms with E-state index in [0.717, 1.165) is 35.7 Å². The molecule has 0 aromatic carbocycles. The van der Waals surface area contributed by atoms with Crippen LogP contribution in [-0.4, -0.2) is 30.1 Å². The summed E-state index contributed by atoms with van der Waals surface area (Å²) in [6, 6.07) is 0.776. The Labute approximate surface area is 88.3 Å². The summed E-state index contributed by atoms with van der Waals surface area (Å²) in [5, 5.41) is 0.830. The quantitative estimate of drug-likeness (QED) is 0.620. The molecule has 3 aliphatic rings. The fourth-order valence-corrected chi connectivity index (χ4v) is 4.45. The summed E-state index contributed by atoms with van der Waals surface area (Å²) >= 11 is 0. The van der Waals surface area contributed by atoms with E-state index in [9.17, 15) is 0 Å². The highest BCUT2D eigenvalue weighted by atomic mass is 15.2. The minimum atomic E-state index is 0.776. The van der Waals surface area contributed by atoms with E-state index in [1.165, 1.54) is 19.4 Å². The van der Waals surface area contributed by atoms with Gasteiger partial charge in [0, 0.05) is 6.04 Å². The van der Waals surface area contributed by atoms with Gasteiger partial charge >= 0.3 is 0 Å². The monoisotopic (exact) mass is 191 g/mol. The second kappa shape index (κ2) is 2.58. The first-order chi connectivity index (χ1) is 6.59. The third-order valence-corrected chi connectivity index (χ3v) is 4.90. The number of hydrogen-bond donors (Lipinski definition) is 0. The van der Waals surface area contributed by atoms with E-state index in [0.29, 0.717) is 0 Å². The molecule has 0 amide bonds. The van der Waals surface area contributed by atoms with Gasteiger partial charge in [0.25, 0.3) is 0 Å². The molecule has 2 heteroatoms. The second-order valence-electron chi connectivity index (χ2n) is 6.41. The van der Waals surface area contributed by atoms with Crippen molar-refractivity contribution in [3.8, 4) is 0 Å². The first kappa shape index (κ1) is 9.27. The maximum Gasteiger partial charge on any atom is 0.170 e. The lowest BCUT2D eigenvalue weighted by Gasteiger charge is -2.41. The molecule has 0 spiro atoms. The Morgan fingerprint density at radius 2 is 2.07 bits per heavy atom. The van der Waals surface area contributed by atoms with Crippen LogP contribution in [0.4, 0.5) is 0 Å². The summed E-state index contributed by atoms with van der Waals surface area (Å²) in [6.07, 6.45) is 2.99. The highest BCUT2D eigenvalue weighted by molar-refractivity contribution is 6.91. The Kier molecular flexibility index (Phi) is 1.71. The van der Waals surface area contributed by atoms with Crippen LogP contribution in [0.1, 0.15) is 40.5 Å². The maximum atomic E-state index is 2.77. The molecule has 3 unspecified atom stereocenters. The van der Waals surface area contributed by atoms with Crippen molar-refractivity contribution in [2.24, 2.45) is 5.92 Å². The first-order valence-corrected chi connectivity index (χ1v) is 6.34. The van der Waals surface area contributed by atoms with Crippen LogP contribution in [0.5, 0.6) is 0 Å². The molecule has 3 saturated heterocycles. The van der Waals surface area contributed by atoms with Gasteiger partial charge in [-0.3, -0.25) is 0 Å². The Balaban J connectivity index is 1.72. The normalized spacial score (nSPS) is 44.6. The lowest BCUT2D eigenvalue weighted by Crippen LogP contribution is -2.45. The number of hydrogen-bond acceptors (Lipinski definition) is 1. The van der Waals surface area contributed by atoms with Crippen molar-refractivity contribution in [1.82, 2.24) is 4.90 Å². The summed E-state index contributed by atoms with van der Waals surface area (Å²) < 4.78 is 0. The number of piperidine rings is 1. The van der Waals surface area contributed by atoms with Crippen LogP contribution in [0.25, 0.3) is 0 Å². The van der Waals surface area contributed by atoms with Crippen LogP contribution in [0.3, 0.4) is 0 Å². The maximum absolute atomic E-state index is 2.77. The molecule has 0 aromatic rings. The van der Waals surface area contributed by atoms with Gasteiger partial charge in [-0.2, -0.15) is 0 Å². The summed E-state index contributed by atoms with van der Waals surface area (Å²) in [7, 11) is 0. The van der Waals surface area contributed by atoms with E-state index in [2.05, 4.69) is 32.6 Å². The third-order valence-electron chi connectivity index (χ3n) is 4.90. The lowest BCUT2D eigenvalue weighted by molar-refractivity contribution is 0.146. The molecule has 0 bridgehead atoms. The van der Waals surface area contributed by atoms with E-state index in [1.807, 2.05) is 0 Å². The fourth-order valence-electron chi connectivity index (χ4n) is 4.45. The second-order valence-corrected chi connectivity index (χ2v) is 6.41. The van der Waals surface area contributed by atoms with Crippen molar-refractivity contribution in [2.45, 2.75) is 63.7 Å². The van der Waals surface area contributed by atoms with Gasteiger partial charge in [-0.05, 0) is 44.0 Å². The third kappa shape index (κ3) is 0.912. The van der Waals surface area contributed by atoms with Gasteiger partial charge in [-0.25, -0.2) is 0 Å². The number of nitrogens with zero attached hydrogens (tertiary/aromatic N) is 1. The molecule has 3 rings (SSSR count). The first-order valence-electron chi connectivity index (χ1n) is 6.34. The van der Waals surface area contributed by atoms with Crippen LogP contribution in [0.15, 0.2) is 0 Å². The van der Waals surface area contributed by atoms with Gasteiger partial charge in [0.15, 0.2) is 6.71 Å². The molecule has 0 radical (unpaired) electrons. The molecule has 3 heterocycles. The lowest BCUT2D eigenvalue weighted by atomic mass is 9.69. The van der Waals surface area contributed by atoms with Crippen LogP contribution in [0.2, 0.25) is 11.1 Å². The fraction of sp³-hybridized carbons (Fsp3) is 1.00. The number of fused-ring (bicyclic) bond motifs is 2. The smallest absolute Gasteiger partial charge is 0.170 e. The summed E-state index contributed by atoms with van der Waals surface area (Å²) in [5.41, 5.74) is 0. The SMILES string of the molecule is CC(C)CC12B3C1CCN(C(C)C)C32. The molecule has 0 N–H and O–H groups in total. The van der Waals surface area contributed by atoms with Gasteiger partial charge in [0.05, 0.1) is 0 Å². The van der Waals surface area contributed by atoms with Crippen molar-refractivity contribution in [2.75, 3.05) is 6.54 Å². The largest absolute Gasteiger partial charge is 0.305 e. The van der Waals surface area contributed by atoms with Crippen molar-refractivity contribution < 1.29 is 0 Å². The van der Waals surface area contributed by atoms with Crippen molar-refractivity contribution in [3.63, 3.8) is 0 Å². The number of likely N-dealkylation sites (tertiary alicyclic amines) is 1. The van der Waals surface area contributed by atoms with Crippen molar-refractivity contribution in [3.05, 3.63) is 0 Å². The molecule has 78 valence electrons. The zero-order valence-electron chi connectivity index (χ0n) is 9.96. The standard InChI is InChI=1S/C12H22BN/c1-8(2)7-12-10-5-6-14(9(3)4)11(12)13(10)12/h8-11H,5-7H2,1-4H3. The Morgan fingerprint density at radius 3 is 2.64 bits per heavy atom. The molecule has 3 atom stereocenters. The van der Waals surface area contributed by atoms with E-state index in [1.54, 1.807) is 0 Å². The summed E-state index contributed by atoms with van der Waals surface area (Å²) in [6.45, 7) is 12.0. The molecule has 3 aliphatic heterocycles. The molecule has 0 saturated carbocycles. The van der Waals surface area contributed by atoms with Gasteiger partial charge in [0.1, 0.15) is 0 Å². The average Bonchev–Trinajstić information content (AvgIpc) is 2.93. The van der Waals surface area contributed by atoms with Crippen LogP contribution >= 0.6 is 0 Å². The average molecular weight is 191 g/mol. The molecule has 0 aliphatic carbocycles. The summed E-state index contributed by atoms with van der Waals surface area (Å²) in [4.78, 5) is 2.77. The predicted molar refractivity (Wildman–Crippen MR) is 61.9 cm³/mol. The highest BCUT2D eigenvalue weighted by Crippen LogP contribution is 2.89. The van der Waals surface area contributed by atoms with Crippen molar-refractivity contribution >= 4 is 6.71 Å². The Bertz CT molecular complexity index is 263. The molecule has 3 fully saturated rings.